The first kappa shape index (κ1) is 19.0. The average molecular weight is 377 g/mol. The highest BCUT2D eigenvalue weighted by atomic mass is 32.2. The Balaban J connectivity index is 1.59. The van der Waals surface area contributed by atoms with E-state index in [0.29, 0.717) is 12.5 Å². The van der Waals surface area contributed by atoms with Crippen molar-refractivity contribution in [1.29, 1.82) is 0 Å². The Bertz CT molecular complexity index is 681. The van der Waals surface area contributed by atoms with Crippen molar-refractivity contribution in [3.05, 3.63) is 29.8 Å². The summed E-state index contributed by atoms with van der Waals surface area (Å²) < 4.78 is 13.5. The molecule has 0 bridgehead atoms. The zero-order valence-electron chi connectivity index (χ0n) is 15.9. The molecular weight excluding hydrogens is 348 g/mol. The number of morpholine rings is 1. The van der Waals surface area contributed by atoms with E-state index < -0.39 is 0 Å². The summed E-state index contributed by atoms with van der Waals surface area (Å²) >= 11 is 1.70. The Labute approximate surface area is 159 Å². The summed E-state index contributed by atoms with van der Waals surface area (Å²) in [5.41, 5.74) is 1.24. The molecule has 0 saturated carbocycles. The second-order valence-electron chi connectivity index (χ2n) is 6.90. The number of benzene rings is 1. The lowest BCUT2D eigenvalue weighted by Gasteiger charge is -2.28. The third-order valence-electron chi connectivity index (χ3n) is 4.14. The van der Waals surface area contributed by atoms with Gasteiger partial charge in [-0.05, 0) is 25.0 Å². The average Bonchev–Trinajstić information content (AvgIpc) is 3.03. The van der Waals surface area contributed by atoms with E-state index in [1.165, 1.54) is 5.56 Å². The van der Waals surface area contributed by atoms with E-state index in [0.717, 1.165) is 55.5 Å². The predicted molar refractivity (Wildman–Crippen MR) is 105 cm³/mol. The summed E-state index contributed by atoms with van der Waals surface area (Å²) in [6.07, 6.45) is 0. The molecule has 2 aromatic rings. The topological polar surface area (TPSA) is 52.4 Å². The molecule has 0 amide bonds. The summed E-state index contributed by atoms with van der Waals surface area (Å²) in [6, 6.07) is 8.16. The number of nitrogens with zero attached hydrogens (tertiary/aromatic N) is 4. The first-order valence-electron chi connectivity index (χ1n) is 9.21. The zero-order chi connectivity index (χ0) is 18.4. The number of hydrogen-bond donors (Lipinski definition) is 0. The summed E-state index contributed by atoms with van der Waals surface area (Å²) in [5, 5.41) is 9.87. The van der Waals surface area contributed by atoms with Gasteiger partial charge in [0.2, 0.25) is 5.95 Å². The number of aromatic nitrogens is 3. The minimum absolute atomic E-state index is 0.536. The molecule has 1 saturated heterocycles. The monoisotopic (exact) mass is 376 g/mol. The fraction of sp³-hybridized carbons (Fsp3) is 0.579. The maximum absolute atomic E-state index is 5.82. The number of anilines is 1. The molecule has 6 nitrogen and oxygen atoms in total. The fourth-order valence-corrected chi connectivity index (χ4v) is 3.60. The van der Waals surface area contributed by atoms with Crippen molar-refractivity contribution in [3.63, 3.8) is 0 Å². The van der Waals surface area contributed by atoms with E-state index in [2.05, 4.69) is 52.6 Å². The molecule has 0 spiro atoms. The van der Waals surface area contributed by atoms with E-state index in [4.69, 9.17) is 9.47 Å². The second kappa shape index (κ2) is 9.28. The van der Waals surface area contributed by atoms with Crippen LogP contribution in [0, 0.1) is 12.8 Å². The molecule has 0 aliphatic carbocycles. The molecule has 1 aliphatic rings. The number of thioether (sulfide) groups is 1. The maximum Gasteiger partial charge on any atom is 0.228 e. The summed E-state index contributed by atoms with van der Waals surface area (Å²) in [4.78, 5) is 2.27. The largest absolute Gasteiger partial charge is 0.493 e. The molecule has 3 rings (SSSR count). The van der Waals surface area contributed by atoms with Gasteiger partial charge >= 0.3 is 0 Å². The minimum atomic E-state index is 0.536. The zero-order valence-corrected chi connectivity index (χ0v) is 16.7. The highest BCUT2D eigenvalue weighted by Crippen LogP contribution is 2.24. The van der Waals surface area contributed by atoms with Crippen molar-refractivity contribution < 1.29 is 9.47 Å². The van der Waals surface area contributed by atoms with Gasteiger partial charge in [-0.3, -0.25) is 4.57 Å². The molecule has 1 fully saturated rings. The molecule has 0 atom stereocenters. The van der Waals surface area contributed by atoms with Gasteiger partial charge in [0.25, 0.3) is 0 Å². The molecular formula is C19H28N4O2S. The Morgan fingerprint density at radius 1 is 1.15 bits per heavy atom. The van der Waals surface area contributed by atoms with Gasteiger partial charge in [-0.1, -0.05) is 43.3 Å². The van der Waals surface area contributed by atoms with Crippen LogP contribution in [-0.2, 0) is 11.3 Å². The van der Waals surface area contributed by atoms with Crippen molar-refractivity contribution in [2.45, 2.75) is 32.5 Å². The number of aryl methyl sites for hydroxylation is 1. The predicted octanol–water partition coefficient (Wildman–Crippen LogP) is 3.25. The standard InChI is InChI=1S/C19H28N4O2S/c1-15(2)14-23-18(22-8-10-24-11-9-22)20-21-19(23)26-13-12-25-17-6-4-16(3)5-7-17/h4-7,15H,8-14H2,1-3H3. The van der Waals surface area contributed by atoms with E-state index in [1.807, 2.05) is 12.1 Å². The number of hydrogen-bond acceptors (Lipinski definition) is 6. The Hall–Kier alpha value is -1.73. The van der Waals surface area contributed by atoms with Crippen LogP contribution in [0.2, 0.25) is 0 Å². The second-order valence-corrected chi connectivity index (χ2v) is 7.96. The molecule has 1 aromatic heterocycles. The van der Waals surface area contributed by atoms with E-state index in [-0.39, 0.29) is 0 Å². The highest BCUT2D eigenvalue weighted by Gasteiger charge is 2.21. The van der Waals surface area contributed by atoms with Gasteiger partial charge < -0.3 is 14.4 Å². The van der Waals surface area contributed by atoms with Crippen LogP contribution >= 0.6 is 11.8 Å². The van der Waals surface area contributed by atoms with Crippen LogP contribution in [0.25, 0.3) is 0 Å². The van der Waals surface area contributed by atoms with E-state index in [9.17, 15) is 0 Å². The first-order valence-corrected chi connectivity index (χ1v) is 10.2. The van der Waals surface area contributed by atoms with Crippen LogP contribution < -0.4 is 9.64 Å². The van der Waals surface area contributed by atoms with Crippen LogP contribution in [-0.4, -0.2) is 53.4 Å². The van der Waals surface area contributed by atoms with Crippen molar-refractivity contribution >= 4 is 17.7 Å². The van der Waals surface area contributed by atoms with E-state index >= 15 is 0 Å². The normalized spacial score (nSPS) is 14.8. The van der Waals surface area contributed by atoms with Crippen LogP contribution in [0.5, 0.6) is 5.75 Å². The van der Waals surface area contributed by atoms with Crippen molar-refractivity contribution in [1.82, 2.24) is 14.8 Å². The maximum atomic E-state index is 5.82. The first-order chi connectivity index (χ1) is 12.6. The molecule has 1 aliphatic heterocycles. The number of ether oxygens (including phenoxy) is 2. The Morgan fingerprint density at radius 2 is 1.88 bits per heavy atom. The van der Waals surface area contributed by atoms with E-state index in [1.54, 1.807) is 11.8 Å². The van der Waals surface area contributed by atoms with Gasteiger partial charge in [0.05, 0.1) is 19.8 Å². The molecule has 0 N–H and O–H groups in total. The van der Waals surface area contributed by atoms with Crippen molar-refractivity contribution in [2.75, 3.05) is 43.6 Å². The van der Waals surface area contributed by atoms with Gasteiger partial charge in [-0.2, -0.15) is 0 Å². The molecule has 142 valence electrons. The van der Waals surface area contributed by atoms with Gasteiger partial charge in [-0.15, -0.1) is 10.2 Å². The lowest BCUT2D eigenvalue weighted by molar-refractivity contribution is 0.121. The third kappa shape index (κ3) is 5.14. The van der Waals surface area contributed by atoms with Crippen LogP contribution in [0.3, 0.4) is 0 Å². The Morgan fingerprint density at radius 3 is 2.58 bits per heavy atom. The van der Waals surface area contributed by atoms with Crippen LogP contribution in [0.15, 0.2) is 29.4 Å². The third-order valence-corrected chi connectivity index (χ3v) is 5.07. The highest BCUT2D eigenvalue weighted by molar-refractivity contribution is 7.99. The van der Waals surface area contributed by atoms with Gasteiger partial charge in [0, 0.05) is 25.4 Å². The van der Waals surface area contributed by atoms with Crippen LogP contribution in [0.4, 0.5) is 5.95 Å². The minimum Gasteiger partial charge on any atom is -0.493 e. The smallest absolute Gasteiger partial charge is 0.228 e. The van der Waals surface area contributed by atoms with Gasteiger partial charge in [0.15, 0.2) is 5.16 Å². The number of rotatable bonds is 8. The fourth-order valence-electron chi connectivity index (χ4n) is 2.84. The summed E-state index contributed by atoms with van der Waals surface area (Å²) in [6.45, 7) is 11.3. The SMILES string of the molecule is Cc1ccc(OCCSc2nnc(N3CCOCC3)n2CC(C)C)cc1. The Kier molecular flexibility index (Phi) is 6.80. The summed E-state index contributed by atoms with van der Waals surface area (Å²) in [7, 11) is 0. The molecule has 2 heterocycles. The quantitative estimate of drug-likeness (QED) is 0.521. The molecule has 26 heavy (non-hydrogen) atoms. The van der Waals surface area contributed by atoms with Crippen molar-refractivity contribution in [3.8, 4) is 5.75 Å². The molecule has 0 unspecified atom stereocenters. The molecule has 0 radical (unpaired) electrons. The van der Waals surface area contributed by atoms with Crippen molar-refractivity contribution in [2.24, 2.45) is 5.92 Å². The lowest BCUT2D eigenvalue weighted by atomic mass is 10.2. The van der Waals surface area contributed by atoms with Gasteiger partial charge in [-0.25, -0.2) is 0 Å². The van der Waals surface area contributed by atoms with Crippen LogP contribution in [0.1, 0.15) is 19.4 Å². The summed E-state index contributed by atoms with van der Waals surface area (Å²) in [5.74, 6) is 3.25. The lowest BCUT2D eigenvalue weighted by Crippen LogP contribution is -2.38. The molecule has 1 aromatic carbocycles. The van der Waals surface area contributed by atoms with Gasteiger partial charge in [0.1, 0.15) is 5.75 Å². The molecule has 7 heteroatoms.